The molecule has 0 saturated heterocycles. The Morgan fingerprint density at radius 3 is 2.27 bits per heavy atom. The van der Waals surface area contributed by atoms with Gasteiger partial charge in [-0.3, -0.25) is 14.6 Å². The number of halogens is 1. The number of carbonyl (C=O) groups is 3. The maximum absolute atomic E-state index is 11.9. The predicted molar refractivity (Wildman–Crippen MR) is 85.0 cm³/mol. The number of carbonyl (C=O) groups excluding carboxylic acids is 3. The third-order valence-corrected chi connectivity index (χ3v) is 3.18. The van der Waals surface area contributed by atoms with E-state index in [1.807, 2.05) is 0 Å². The Hall–Kier alpha value is -2.01. The maximum atomic E-state index is 11.9. The second-order valence-corrected chi connectivity index (χ2v) is 5.45. The van der Waals surface area contributed by atoms with E-state index >= 15 is 0 Å². The highest BCUT2D eigenvalue weighted by Crippen LogP contribution is 2.29. The number of rotatable bonds is 6. The van der Waals surface area contributed by atoms with Crippen molar-refractivity contribution in [1.29, 1.82) is 0 Å². The molecule has 5 nitrogen and oxygen atoms in total. The van der Waals surface area contributed by atoms with Gasteiger partial charge in [-0.2, -0.15) is 0 Å². The summed E-state index contributed by atoms with van der Waals surface area (Å²) in [6.07, 6.45) is 0.971. The minimum absolute atomic E-state index is 0.121. The second kappa shape index (κ2) is 7.84. The van der Waals surface area contributed by atoms with Crippen molar-refractivity contribution in [3.63, 3.8) is 0 Å². The molecule has 0 heterocycles. The van der Waals surface area contributed by atoms with Crippen molar-refractivity contribution in [2.45, 2.75) is 33.8 Å². The number of hydrogen-bond donors (Lipinski definition) is 0. The molecule has 0 atom stereocenters. The first-order valence-electron chi connectivity index (χ1n) is 6.78. The number of Topliss-reactive ketones (excluding diaryl/α,β-unsaturated/α-hetero) is 2. The number of ether oxygens (including phenoxy) is 1. The van der Waals surface area contributed by atoms with Crippen LogP contribution in [0, 0.1) is 5.92 Å². The summed E-state index contributed by atoms with van der Waals surface area (Å²) < 4.78 is 5.09. The van der Waals surface area contributed by atoms with Crippen LogP contribution in [0.2, 0.25) is 5.02 Å². The van der Waals surface area contributed by atoms with Crippen molar-refractivity contribution < 1.29 is 19.1 Å². The first kappa shape index (κ1) is 18.0. The van der Waals surface area contributed by atoms with E-state index in [0.29, 0.717) is 5.69 Å². The van der Waals surface area contributed by atoms with Gasteiger partial charge in [0.05, 0.1) is 22.4 Å². The number of aliphatic imine (C=N–C) groups is 1. The standard InChI is InChI=1S/C16H18ClNO4/c1-9(2)22-16(21)12-6-5-7-14(15(12)17)18-8-13(10(3)19)11(4)20/h5-9,13H,1-4H3. The van der Waals surface area contributed by atoms with Crippen LogP contribution in [0.1, 0.15) is 38.1 Å². The molecule has 1 aromatic carbocycles. The SMILES string of the molecule is CC(=O)C(C=Nc1cccc(C(=O)OC(C)C)c1Cl)C(C)=O. The van der Waals surface area contributed by atoms with E-state index in [1.54, 1.807) is 26.0 Å². The van der Waals surface area contributed by atoms with Gasteiger partial charge >= 0.3 is 5.97 Å². The molecule has 0 aliphatic rings. The van der Waals surface area contributed by atoms with Gasteiger partial charge in [-0.25, -0.2) is 4.79 Å². The fraction of sp³-hybridized carbons (Fsp3) is 0.375. The predicted octanol–water partition coefficient (Wildman–Crippen LogP) is 3.40. The Kier molecular flexibility index (Phi) is 6.43. The summed E-state index contributed by atoms with van der Waals surface area (Å²) in [6, 6.07) is 4.72. The van der Waals surface area contributed by atoms with Crippen molar-refractivity contribution in [2.75, 3.05) is 0 Å². The molecule has 22 heavy (non-hydrogen) atoms. The topological polar surface area (TPSA) is 72.8 Å². The fourth-order valence-corrected chi connectivity index (χ4v) is 1.96. The van der Waals surface area contributed by atoms with Crippen LogP contribution in [0.15, 0.2) is 23.2 Å². The number of hydrogen-bond acceptors (Lipinski definition) is 5. The number of nitrogens with zero attached hydrogens (tertiary/aromatic N) is 1. The quantitative estimate of drug-likeness (QED) is 0.457. The van der Waals surface area contributed by atoms with Crippen LogP contribution in [0.4, 0.5) is 5.69 Å². The van der Waals surface area contributed by atoms with E-state index in [4.69, 9.17) is 16.3 Å². The van der Waals surface area contributed by atoms with Crippen LogP contribution >= 0.6 is 11.6 Å². The van der Waals surface area contributed by atoms with Crippen molar-refractivity contribution in [3.05, 3.63) is 28.8 Å². The van der Waals surface area contributed by atoms with Crippen LogP contribution < -0.4 is 0 Å². The van der Waals surface area contributed by atoms with E-state index in [2.05, 4.69) is 4.99 Å². The Morgan fingerprint density at radius 2 is 1.77 bits per heavy atom. The molecule has 0 aliphatic carbocycles. The Morgan fingerprint density at radius 1 is 1.18 bits per heavy atom. The molecule has 0 radical (unpaired) electrons. The minimum atomic E-state index is -0.915. The van der Waals surface area contributed by atoms with Crippen LogP contribution in [-0.2, 0) is 14.3 Å². The van der Waals surface area contributed by atoms with E-state index < -0.39 is 11.9 Å². The van der Waals surface area contributed by atoms with Crippen molar-refractivity contribution in [1.82, 2.24) is 0 Å². The Labute approximate surface area is 134 Å². The smallest absolute Gasteiger partial charge is 0.339 e. The molecule has 118 valence electrons. The summed E-state index contributed by atoms with van der Waals surface area (Å²) in [6.45, 7) is 6.10. The van der Waals surface area contributed by atoms with Gasteiger partial charge in [0.2, 0.25) is 0 Å². The van der Waals surface area contributed by atoms with Crippen LogP contribution in [0.5, 0.6) is 0 Å². The summed E-state index contributed by atoms with van der Waals surface area (Å²) in [5.74, 6) is -2.07. The van der Waals surface area contributed by atoms with Gasteiger partial charge in [0.25, 0.3) is 0 Å². The molecule has 0 aliphatic heterocycles. The van der Waals surface area contributed by atoms with Crippen molar-refractivity contribution in [2.24, 2.45) is 10.9 Å². The summed E-state index contributed by atoms with van der Waals surface area (Å²) in [7, 11) is 0. The van der Waals surface area contributed by atoms with Gasteiger partial charge in [0, 0.05) is 6.21 Å². The van der Waals surface area contributed by atoms with Crippen molar-refractivity contribution in [3.8, 4) is 0 Å². The normalized spacial score (nSPS) is 11.2. The lowest BCUT2D eigenvalue weighted by atomic mass is 10.0. The molecule has 0 unspecified atom stereocenters. The van der Waals surface area contributed by atoms with E-state index in [-0.39, 0.29) is 28.3 Å². The van der Waals surface area contributed by atoms with Gasteiger partial charge in [-0.1, -0.05) is 17.7 Å². The van der Waals surface area contributed by atoms with E-state index in [1.165, 1.54) is 26.1 Å². The van der Waals surface area contributed by atoms with Crippen molar-refractivity contribution >= 4 is 41.0 Å². The molecule has 0 amide bonds. The molecule has 0 fully saturated rings. The highest BCUT2D eigenvalue weighted by Gasteiger charge is 2.18. The lowest BCUT2D eigenvalue weighted by Gasteiger charge is -2.10. The average molecular weight is 324 g/mol. The molecular formula is C16H18ClNO4. The highest BCUT2D eigenvalue weighted by atomic mass is 35.5. The Bertz CT molecular complexity index is 609. The third-order valence-electron chi connectivity index (χ3n) is 2.78. The molecule has 1 aromatic rings. The number of esters is 1. The molecule has 0 saturated carbocycles. The maximum Gasteiger partial charge on any atom is 0.339 e. The van der Waals surface area contributed by atoms with Gasteiger partial charge in [0.1, 0.15) is 17.5 Å². The Balaban J connectivity index is 3.10. The van der Waals surface area contributed by atoms with Crippen LogP contribution in [0.3, 0.4) is 0 Å². The van der Waals surface area contributed by atoms with Crippen LogP contribution in [-0.4, -0.2) is 29.9 Å². The third kappa shape index (κ3) is 4.77. The lowest BCUT2D eigenvalue weighted by Crippen LogP contribution is -2.20. The highest BCUT2D eigenvalue weighted by molar-refractivity contribution is 6.36. The van der Waals surface area contributed by atoms with E-state index in [9.17, 15) is 14.4 Å². The zero-order valence-corrected chi connectivity index (χ0v) is 13.7. The first-order chi connectivity index (χ1) is 10.2. The molecule has 0 spiro atoms. The van der Waals surface area contributed by atoms with Gasteiger partial charge in [-0.05, 0) is 39.8 Å². The monoisotopic (exact) mass is 323 g/mol. The fourth-order valence-electron chi connectivity index (χ4n) is 1.71. The number of benzene rings is 1. The summed E-state index contributed by atoms with van der Waals surface area (Å²) >= 11 is 6.15. The number of ketones is 2. The molecule has 6 heteroatoms. The molecule has 0 N–H and O–H groups in total. The molecule has 1 rings (SSSR count). The van der Waals surface area contributed by atoms with Gasteiger partial charge in [0.15, 0.2) is 0 Å². The van der Waals surface area contributed by atoms with Gasteiger partial charge in [-0.15, -0.1) is 0 Å². The average Bonchev–Trinajstić information content (AvgIpc) is 2.38. The zero-order valence-electron chi connectivity index (χ0n) is 12.9. The first-order valence-corrected chi connectivity index (χ1v) is 7.16. The summed E-state index contributed by atoms with van der Waals surface area (Å²) in [5.41, 5.74) is 0.486. The van der Waals surface area contributed by atoms with Crippen LogP contribution in [0.25, 0.3) is 0 Å². The largest absolute Gasteiger partial charge is 0.459 e. The van der Waals surface area contributed by atoms with E-state index in [0.717, 1.165) is 0 Å². The summed E-state index contributed by atoms with van der Waals surface area (Å²) in [4.78, 5) is 38.7. The molecule has 0 bridgehead atoms. The van der Waals surface area contributed by atoms with Gasteiger partial charge < -0.3 is 4.74 Å². The summed E-state index contributed by atoms with van der Waals surface area (Å²) in [5, 5.41) is 0.121. The second-order valence-electron chi connectivity index (χ2n) is 5.07. The zero-order chi connectivity index (χ0) is 16.9. The lowest BCUT2D eigenvalue weighted by molar-refractivity contribution is -0.127. The molecule has 0 aromatic heterocycles. The minimum Gasteiger partial charge on any atom is -0.459 e. The molecular weight excluding hydrogens is 306 g/mol.